The van der Waals surface area contributed by atoms with E-state index in [0.29, 0.717) is 6.10 Å². The standard InChI is InChI=1S/C19H31N3O2/c1-20-9-11-21(12-10-20)15-18-4-2-6-19(24-18)7-8-22(16-19)14-17-5-3-13-23-17/h3,5,13,18H,2,4,6-12,14-16H2,1H3/t18-,19-/m1/s1. The van der Waals surface area contributed by atoms with Crippen molar-refractivity contribution in [1.29, 1.82) is 0 Å². The van der Waals surface area contributed by atoms with Gasteiger partial charge < -0.3 is 14.1 Å². The number of piperazine rings is 1. The topological polar surface area (TPSA) is 32.1 Å². The molecule has 0 aliphatic carbocycles. The van der Waals surface area contributed by atoms with Gasteiger partial charge in [-0.05, 0) is 44.9 Å². The summed E-state index contributed by atoms with van der Waals surface area (Å²) in [6.07, 6.45) is 7.13. The molecule has 1 aromatic heterocycles. The van der Waals surface area contributed by atoms with E-state index in [0.717, 1.165) is 31.9 Å². The summed E-state index contributed by atoms with van der Waals surface area (Å²) in [4.78, 5) is 7.51. The van der Waals surface area contributed by atoms with Gasteiger partial charge in [-0.25, -0.2) is 0 Å². The molecule has 24 heavy (non-hydrogen) atoms. The third-order valence-corrected chi connectivity index (χ3v) is 5.99. The number of likely N-dealkylation sites (tertiary alicyclic amines) is 1. The fraction of sp³-hybridized carbons (Fsp3) is 0.789. The summed E-state index contributed by atoms with van der Waals surface area (Å²) in [5.41, 5.74) is 0.0993. The minimum Gasteiger partial charge on any atom is -0.468 e. The molecule has 3 saturated heterocycles. The SMILES string of the molecule is CN1CCN(C[C@H]2CCC[C@]3(CCN(Cc4ccco4)C3)O2)CC1. The van der Waals surface area contributed by atoms with Gasteiger partial charge in [-0.1, -0.05) is 0 Å². The highest BCUT2D eigenvalue weighted by molar-refractivity contribution is 5.01. The molecule has 0 bridgehead atoms. The van der Waals surface area contributed by atoms with Crippen molar-refractivity contribution in [3.05, 3.63) is 24.2 Å². The average molecular weight is 333 g/mol. The second-order valence-corrected chi connectivity index (χ2v) is 7.96. The first kappa shape index (κ1) is 16.6. The van der Waals surface area contributed by atoms with Crippen molar-refractivity contribution in [2.45, 2.75) is 43.9 Å². The normalized spacial score (nSPS) is 33.5. The van der Waals surface area contributed by atoms with E-state index in [4.69, 9.17) is 9.15 Å². The van der Waals surface area contributed by atoms with Crippen LogP contribution in [0.4, 0.5) is 0 Å². The van der Waals surface area contributed by atoms with Crippen LogP contribution in [0.25, 0.3) is 0 Å². The molecule has 4 heterocycles. The molecule has 4 rings (SSSR count). The first-order chi connectivity index (χ1) is 11.7. The lowest BCUT2D eigenvalue weighted by Gasteiger charge is -2.42. The molecular weight excluding hydrogens is 302 g/mol. The van der Waals surface area contributed by atoms with E-state index in [1.807, 2.05) is 6.07 Å². The fourth-order valence-corrected chi connectivity index (χ4v) is 4.56. The van der Waals surface area contributed by atoms with Crippen LogP contribution in [-0.4, -0.2) is 79.3 Å². The quantitative estimate of drug-likeness (QED) is 0.842. The lowest BCUT2D eigenvalue weighted by atomic mass is 9.90. The molecule has 2 atom stereocenters. The number of nitrogens with zero attached hydrogens (tertiary/aromatic N) is 3. The van der Waals surface area contributed by atoms with Crippen molar-refractivity contribution < 1.29 is 9.15 Å². The maximum atomic E-state index is 6.69. The van der Waals surface area contributed by atoms with Gasteiger partial charge in [-0.3, -0.25) is 9.80 Å². The van der Waals surface area contributed by atoms with E-state index >= 15 is 0 Å². The molecule has 0 saturated carbocycles. The molecule has 3 aliphatic heterocycles. The maximum Gasteiger partial charge on any atom is 0.117 e. The zero-order valence-corrected chi connectivity index (χ0v) is 15.0. The third kappa shape index (κ3) is 3.85. The molecule has 3 fully saturated rings. The Kier molecular flexibility index (Phi) is 4.95. The van der Waals surface area contributed by atoms with Crippen LogP contribution in [0.3, 0.4) is 0 Å². The molecule has 0 unspecified atom stereocenters. The van der Waals surface area contributed by atoms with Crippen molar-refractivity contribution in [2.75, 3.05) is 52.9 Å². The van der Waals surface area contributed by atoms with E-state index in [9.17, 15) is 0 Å². The maximum absolute atomic E-state index is 6.69. The average Bonchev–Trinajstić information content (AvgIpc) is 3.21. The van der Waals surface area contributed by atoms with Gasteiger partial charge in [-0.15, -0.1) is 0 Å². The van der Waals surface area contributed by atoms with Gasteiger partial charge in [0, 0.05) is 45.8 Å². The Bertz CT molecular complexity index is 513. The Morgan fingerprint density at radius 3 is 2.79 bits per heavy atom. The van der Waals surface area contributed by atoms with E-state index in [1.54, 1.807) is 6.26 Å². The van der Waals surface area contributed by atoms with Gasteiger partial charge in [0.25, 0.3) is 0 Å². The van der Waals surface area contributed by atoms with Crippen LogP contribution >= 0.6 is 0 Å². The summed E-state index contributed by atoms with van der Waals surface area (Å²) >= 11 is 0. The van der Waals surface area contributed by atoms with Crippen molar-refractivity contribution >= 4 is 0 Å². The van der Waals surface area contributed by atoms with Crippen LogP contribution in [0, 0.1) is 0 Å². The lowest BCUT2D eigenvalue weighted by Crippen LogP contribution is -2.51. The number of likely N-dealkylation sites (N-methyl/N-ethyl adjacent to an activating group) is 1. The van der Waals surface area contributed by atoms with Gasteiger partial charge in [0.15, 0.2) is 0 Å². The number of furan rings is 1. The van der Waals surface area contributed by atoms with E-state index < -0.39 is 0 Å². The van der Waals surface area contributed by atoms with E-state index in [2.05, 4.69) is 27.8 Å². The molecule has 3 aliphatic rings. The van der Waals surface area contributed by atoms with Gasteiger partial charge in [-0.2, -0.15) is 0 Å². The Balaban J connectivity index is 1.30. The summed E-state index contributed by atoms with van der Waals surface area (Å²) in [5.74, 6) is 1.07. The zero-order chi connectivity index (χ0) is 16.4. The summed E-state index contributed by atoms with van der Waals surface area (Å²) < 4.78 is 12.2. The van der Waals surface area contributed by atoms with E-state index in [1.165, 1.54) is 51.9 Å². The number of hydrogen-bond acceptors (Lipinski definition) is 5. The largest absolute Gasteiger partial charge is 0.468 e. The molecule has 0 aromatic carbocycles. The minimum absolute atomic E-state index is 0.0993. The van der Waals surface area contributed by atoms with Crippen molar-refractivity contribution in [3.63, 3.8) is 0 Å². The van der Waals surface area contributed by atoms with Crippen molar-refractivity contribution in [1.82, 2.24) is 14.7 Å². The van der Waals surface area contributed by atoms with Gasteiger partial charge in [0.05, 0.1) is 24.5 Å². The van der Waals surface area contributed by atoms with E-state index in [-0.39, 0.29) is 5.60 Å². The molecular formula is C19H31N3O2. The fourth-order valence-electron chi connectivity index (χ4n) is 4.56. The first-order valence-corrected chi connectivity index (χ1v) is 9.54. The summed E-state index contributed by atoms with van der Waals surface area (Å²) in [5, 5.41) is 0. The van der Waals surface area contributed by atoms with Gasteiger partial charge in [0.1, 0.15) is 5.76 Å². The highest BCUT2D eigenvalue weighted by Gasteiger charge is 2.43. The first-order valence-electron chi connectivity index (χ1n) is 9.54. The third-order valence-electron chi connectivity index (χ3n) is 5.99. The Labute approximate surface area is 145 Å². The number of rotatable bonds is 4. The monoisotopic (exact) mass is 333 g/mol. The highest BCUT2D eigenvalue weighted by Crippen LogP contribution is 2.37. The zero-order valence-electron chi connectivity index (χ0n) is 15.0. The molecule has 5 nitrogen and oxygen atoms in total. The minimum atomic E-state index is 0.0993. The molecule has 0 amide bonds. The molecule has 5 heteroatoms. The predicted octanol–water partition coefficient (Wildman–Crippen LogP) is 2.04. The second kappa shape index (κ2) is 7.16. The van der Waals surface area contributed by atoms with Crippen LogP contribution in [0.15, 0.2) is 22.8 Å². The highest BCUT2D eigenvalue weighted by atomic mass is 16.5. The van der Waals surface area contributed by atoms with Gasteiger partial charge >= 0.3 is 0 Å². The predicted molar refractivity (Wildman–Crippen MR) is 94.0 cm³/mol. The smallest absolute Gasteiger partial charge is 0.117 e. The number of hydrogen-bond donors (Lipinski definition) is 0. The van der Waals surface area contributed by atoms with Crippen LogP contribution in [0.1, 0.15) is 31.4 Å². The summed E-state index contributed by atoms with van der Waals surface area (Å²) in [6.45, 7) is 8.98. The molecule has 0 radical (unpaired) electrons. The van der Waals surface area contributed by atoms with Crippen LogP contribution in [0.2, 0.25) is 0 Å². The van der Waals surface area contributed by atoms with Gasteiger partial charge in [0.2, 0.25) is 0 Å². The Morgan fingerprint density at radius 2 is 2.00 bits per heavy atom. The second-order valence-electron chi connectivity index (χ2n) is 7.96. The van der Waals surface area contributed by atoms with Crippen molar-refractivity contribution in [3.8, 4) is 0 Å². The molecule has 1 spiro atoms. The number of ether oxygens (including phenoxy) is 1. The lowest BCUT2D eigenvalue weighted by molar-refractivity contribution is -0.130. The van der Waals surface area contributed by atoms with Crippen LogP contribution < -0.4 is 0 Å². The Morgan fingerprint density at radius 1 is 1.12 bits per heavy atom. The van der Waals surface area contributed by atoms with Crippen LogP contribution in [-0.2, 0) is 11.3 Å². The Hall–Kier alpha value is -0.880. The van der Waals surface area contributed by atoms with Crippen LogP contribution in [0.5, 0.6) is 0 Å². The summed E-state index contributed by atoms with van der Waals surface area (Å²) in [7, 11) is 2.22. The summed E-state index contributed by atoms with van der Waals surface area (Å²) in [6, 6.07) is 4.05. The molecule has 1 aromatic rings. The van der Waals surface area contributed by atoms with Crippen molar-refractivity contribution in [2.24, 2.45) is 0 Å². The molecule has 0 N–H and O–H groups in total. The molecule has 134 valence electrons.